The van der Waals surface area contributed by atoms with E-state index in [9.17, 15) is 0 Å². The summed E-state index contributed by atoms with van der Waals surface area (Å²) in [5.41, 5.74) is 26.4. The number of unbranched alkanes of at least 4 members (excludes halogenated alkanes) is 1. The van der Waals surface area contributed by atoms with Gasteiger partial charge in [-0.15, -0.1) is 11.3 Å². The molecule has 0 radical (unpaired) electrons. The quantitative estimate of drug-likeness (QED) is 0.126. The Labute approximate surface area is 502 Å². The summed E-state index contributed by atoms with van der Waals surface area (Å²) in [6, 6.07) is 101. The average molecular weight is 1110 g/mol. The van der Waals surface area contributed by atoms with Crippen LogP contribution in [0.2, 0.25) is 0 Å². The van der Waals surface area contributed by atoms with E-state index < -0.39 is 0 Å². The summed E-state index contributed by atoms with van der Waals surface area (Å²) in [4.78, 5) is 5.42. The van der Waals surface area contributed by atoms with Crippen LogP contribution >= 0.6 is 11.3 Å². The second-order valence-electron chi connectivity index (χ2n) is 24.2. The molecule has 0 amide bonds. The van der Waals surface area contributed by atoms with Crippen molar-refractivity contribution in [2.45, 2.75) is 52.4 Å². The van der Waals surface area contributed by atoms with E-state index in [1.54, 1.807) is 0 Å². The standard InChI is InChI=1S/C80H62BN3S/c1-5-6-25-57-47-77-66(63-36-21-24-39-76(63)85-77)51-72(57)83-71-43-40-56(52-26-11-7-12-27-52)46-68(71)81-67-42-41-60(82-69-37-22-19-34-61(69)62-35-20-23-38-70(62)82)50-73(67)84(75-49-59(80(2,3)4)48-74(83)78(75)81)79-64(54-30-15-9-16-31-54)44-58(53-28-13-8-14-29-53)45-65(79)55-32-17-10-18-33-55/h7-24,26-51H,5-6,25H2,1-4H3. The van der Waals surface area contributed by atoms with E-state index in [1.165, 1.54) is 126 Å². The van der Waals surface area contributed by atoms with Crippen molar-refractivity contribution >= 4 is 111 Å². The molecule has 0 fully saturated rings. The highest BCUT2D eigenvalue weighted by atomic mass is 32.1. The Kier molecular flexibility index (Phi) is 12.2. The number of hydrogen-bond acceptors (Lipinski definition) is 3. The van der Waals surface area contributed by atoms with E-state index in [0.717, 1.165) is 47.5 Å². The molecule has 0 atom stereocenters. The monoisotopic (exact) mass is 1110 g/mol. The number of para-hydroxylation sites is 2. The highest BCUT2D eigenvalue weighted by Crippen LogP contribution is 2.54. The van der Waals surface area contributed by atoms with Gasteiger partial charge in [0.25, 0.3) is 6.71 Å². The fourth-order valence-corrected chi connectivity index (χ4v) is 15.1. The molecule has 406 valence electrons. The van der Waals surface area contributed by atoms with Crippen molar-refractivity contribution in [1.29, 1.82) is 0 Å². The van der Waals surface area contributed by atoms with Crippen molar-refractivity contribution in [3.63, 3.8) is 0 Å². The second kappa shape index (κ2) is 20.3. The first-order valence-corrected chi connectivity index (χ1v) is 31.0. The van der Waals surface area contributed by atoms with Crippen molar-refractivity contribution in [2.75, 3.05) is 9.80 Å². The van der Waals surface area contributed by atoms with Gasteiger partial charge < -0.3 is 14.4 Å². The van der Waals surface area contributed by atoms with Crippen LogP contribution in [-0.4, -0.2) is 11.3 Å². The molecule has 0 unspecified atom stereocenters. The van der Waals surface area contributed by atoms with E-state index in [-0.39, 0.29) is 12.1 Å². The van der Waals surface area contributed by atoms with Crippen molar-refractivity contribution < 1.29 is 0 Å². The van der Waals surface area contributed by atoms with E-state index >= 15 is 0 Å². The minimum Gasteiger partial charge on any atom is -0.311 e. The Morgan fingerprint density at radius 3 is 1.55 bits per heavy atom. The minimum atomic E-state index is -0.235. The molecule has 2 aromatic heterocycles. The van der Waals surface area contributed by atoms with Gasteiger partial charge in [-0.1, -0.05) is 228 Å². The molecular formula is C80H62BN3S. The van der Waals surface area contributed by atoms with E-state index in [2.05, 4.69) is 309 Å². The van der Waals surface area contributed by atoms with E-state index in [0.29, 0.717) is 0 Å². The zero-order valence-electron chi connectivity index (χ0n) is 48.4. The zero-order chi connectivity index (χ0) is 56.9. The predicted octanol–water partition coefficient (Wildman–Crippen LogP) is 20.5. The van der Waals surface area contributed by atoms with Crippen molar-refractivity contribution in [3.05, 3.63) is 278 Å². The molecule has 12 aromatic carbocycles. The van der Waals surface area contributed by atoms with Crippen LogP contribution in [0.1, 0.15) is 51.7 Å². The van der Waals surface area contributed by atoms with Crippen LogP contribution in [0.4, 0.5) is 34.1 Å². The summed E-state index contributed by atoms with van der Waals surface area (Å²) in [6.07, 6.45) is 3.18. The summed E-state index contributed by atoms with van der Waals surface area (Å²) in [6.45, 7) is 9.36. The third kappa shape index (κ3) is 8.39. The summed E-state index contributed by atoms with van der Waals surface area (Å²) in [5, 5.41) is 5.11. The van der Waals surface area contributed by atoms with Crippen LogP contribution < -0.4 is 26.2 Å². The molecule has 0 aliphatic carbocycles. The number of hydrogen-bond donors (Lipinski definition) is 0. The van der Waals surface area contributed by atoms with Crippen molar-refractivity contribution in [3.8, 4) is 50.2 Å². The molecule has 16 rings (SSSR count). The maximum atomic E-state index is 2.72. The van der Waals surface area contributed by atoms with Gasteiger partial charge >= 0.3 is 0 Å². The number of aryl methyl sites for hydroxylation is 1. The lowest BCUT2D eigenvalue weighted by atomic mass is 9.33. The van der Waals surface area contributed by atoms with Gasteiger partial charge in [0, 0.05) is 76.2 Å². The molecule has 4 heterocycles. The summed E-state index contributed by atoms with van der Waals surface area (Å²) in [7, 11) is 0. The molecule has 14 aromatic rings. The lowest BCUT2D eigenvalue weighted by Gasteiger charge is -2.46. The molecule has 2 aliphatic rings. The highest BCUT2D eigenvalue weighted by molar-refractivity contribution is 7.25. The Bertz CT molecular complexity index is 4810. The van der Waals surface area contributed by atoms with Crippen LogP contribution in [0.15, 0.2) is 267 Å². The molecule has 2 aliphatic heterocycles. The predicted molar refractivity (Wildman–Crippen MR) is 367 cm³/mol. The fourth-order valence-electron chi connectivity index (χ4n) is 14.0. The van der Waals surface area contributed by atoms with Crippen LogP contribution in [0.5, 0.6) is 0 Å². The normalized spacial score (nSPS) is 12.8. The molecule has 5 heteroatoms. The number of nitrogens with zero attached hydrogens (tertiary/aromatic N) is 3. The second-order valence-corrected chi connectivity index (χ2v) is 25.3. The first-order chi connectivity index (χ1) is 41.8. The molecule has 0 spiro atoms. The minimum absolute atomic E-state index is 0.138. The number of thiophene rings is 1. The molecule has 0 N–H and O–H groups in total. The Hall–Kier alpha value is -9.68. The first kappa shape index (κ1) is 51.0. The number of anilines is 6. The van der Waals surface area contributed by atoms with Gasteiger partial charge in [-0.25, -0.2) is 0 Å². The van der Waals surface area contributed by atoms with Crippen LogP contribution in [0.3, 0.4) is 0 Å². The van der Waals surface area contributed by atoms with E-state index in [4.69, 9.17) is 0 Å². The Balaban J connectivity index is 1.08. The van der Waals surface area contributed by atoms with Gasteiger partial charge in [-0.2, -0.15) is 0 Å². The molecule has 0 saturated heterocycles. The van der Waals surface area contributed by atoms with Gasteiger partial charge in [-0.05, 0) is 152 Å². The molecule has 85 heavy (non-hydrogen) atoms. The Morgan fingerprint density at radius 2 is 0.941 bits per heavy atom. The molecule has 3 nitrogen and oxygen atoms in total. The maximum absolute atomic E-state index is 2.72. The van der Waals surface area contributed by atoms with Crippen LogP contribution in [0, 0.1) is 0 Å². The van der Waals surface area contributed by atoms with E-state index in [1.807, 2.05) is 11.3 Å². The summed E-state index contributed by atoms with van der Waals surface area (Å²) < 4.78 is 5.16. The largest absolute Gasteiger partial charge is 0.311 e. The third-order valence-electron chi connectivity index (χ3n) is 18.1. The molecular weight excluding hydrogens is 1050 g/mol. The van der Waals surface area contributed by atoms with Gasteiger partial charge in [0.15, 0.2) is 0 Å². The number of benzene rings is 12. The number of fused-ring (bicyclic) bond motifs is 10. The van der Waals surface area contributed by atoms with Gasteiger partial charge in [0.1, 0.15) is 0 Å². The fraction of sp³-hybridized carbons (Fsp3) is 0.100. The number of aromatic nitrogens is 1. The molecule has 0 saturated carbocycles. The first-order valence-electron chi connectivity index (χ1n) is 30.2. The SMILES string of the molecule is CCCCc1cc2sc3ccccc3c2cc1N1c2ccc(-c3ccccc3)cc2B2c3ccc(-n4c5ccccc5c5ccccc54)cc3N(c3c(-c4ccccc4)cc(-c4ccccc4)cc3-c3ccccc3)c3cc(C(C)(C)C)cc1c32. The summed E-state index contributed by atoms with van der Waals surface area (Å²) >= 11 is 1.92. The topological polar surface area (TPSA) is 11.4 Å². The smallest absolute Gasteiger partial charge is 0.252 e. The van der Waals surface area contributed by atoms with Crippen molar-refractivity contribution in [1.82, 2.24) is 4.57 Å². The van der Waals surface area contributed by atoms with Gasteiger partial charge in [0.2, 0.25) is 0 Å². The summed E-state index contributed by atoms with van der Waals surface area (Å²) in [5.74, 6) is 0. The lowest BCUT2D eigenvalue weighted by Crippen LogP contribution is -2.61. The van der Waals surface area contributed by atoms with Gasteiger partial charge in [0.05, 0.1) is 16.7 Å². The zero-order valence-corrected chi connectivity index (χ0v) is 49.2. The maximum Gasteiger partial charge on any atom is 0.252 e. The van der Waals surface area contributed by atoms with Crippen LogP contribution in [0.25, 0.3) is 92.2 Å². The Morgan fingerprint density at radius 1 is 0.388 bits per heavy atom. The third-order valence-corrected chi connectivity index (χ3v) is 19.2. The highest BCUT2D eigenvalue weighted by Gasteiger charge is 2.46. The van der Waals surface area contributed by atoms with Gasteiger partial charge in [-0.3, -0.25) is 0 Å². The molecule has 0 bridgehead atoms. The lowest BCUT2D eigenvalue weighted by molar-refractivity contribution is 0.590. The number of rotatable bonds is 10. The van der Waals surface area contributed by atoms with Crippen LogP contribution in [-0.2, 0) is 11.8 Å². The van der Waals surface area contributed by atoms with Crippen molar-refractivity contribution in [2.24, 2.45) is 0 Å². The average Bonchev–Trinajstić information content (AvgIpc) is 1.23.